The van der Waals surface area contributed by atoms with Gasteiger partial charge in [-0.3, -0.25) is 0 Å². The zero-order chi connectivity index (χ0) is 25.2. The Morgan fingerprint density at radius 1 is 0.800 bits per heavy atom. The van der Waals surface area contributed by atoms with Gasteiger partial charge in [0.15, 0.2) is 23.0 Å². The molecule has 4 rings (SSSR count). The number of sulfonamides is 1. The molecule has 8 heteroatoms. The van der Waals surface area contributed by atoms with Gasteiger partial charge in [0.1, 0.15) is 0 Å². The van der Waals surface area contributed by atoms with E-state index in [1.807, 2.05) is 49.4 Å². The third kappa shape index (κ3) is 4.81. The molecule has 0 fully saturated rings. The van der Waals surface area contributed by atoms with E-state index in [1.165, 1.54) is 0 Å². The Morgan fingerprint density at radius 3 is 2.03 bits per heavy atom. The topological polar surface area (TPSA) is 74.3 Å². The zero-order valence-corrected chi connectivity index (χ0v) is 21.5. The summed E-state index contributed by atoms with van der Waals surface area (Å²) in [6.07, 6.45) is 1.02. The molecular weight excluding hydrogens is 466 g/mol. The van der Waals surface area contributed by atoms with Crippen LogP contribution in [0.1, 0.15) is 28.3 Å². The lowest BCUT2D eigenvalue weighted by molar-refractivity contribution is 0.300. The Labute approximate surface area is 207 Å². The Balaban J connectivity index is 1.83. The monoisotopic (exact) mass is 497 g/mol. The van der Waals surface area contributed by atoms with Gasteiger partial charge in [-0.2, -0.15) is 4.31 Å². The molecule has 186 valence electrons. The second kappa shape index (κ2) is 10.2. The van der Waals surface area contributed by atoms with Gasteiger partial charge in [-0.25, -0.2) is 8.42 Å². The predicted molar refractivity (Wildman–Crippen MR) is 134 cm³/mol. The maximum absolute atomic E-state index is 13.8. The van der Waals surface area contributed by atoms with Gasteiger partial charge in [-0.05, 0) is 72.9 Å². The quantitative estimate of drug-likeness (QED) is 0.454. The fourth-order valence-corrected chi connectivity index (χ4v) is 6.19. The first kappa shape index (κ1) is 24.9. The van der Waals surface area contributed by atoms with Crippen LogP contribution in [-0.2, 0) is 22.9 Å². The number of ether oxygens (including phenoxy) is 4. The zero-order valence-electron chi connectivity index (χ0n) is 20.7. The Hall–Kier alpha value is -3.23. The standard InChI is InChI=1S/C27H31NO6S/c1-18-6-9-21(10-7-18)35(29,30)28-13-12-20-16-26(33-4)27(34-5)17-22(20)23(28)14-19-8-11-24(31-2)25(15-19)32-3/h6-11,15-17,23H,12-14H2,1-5H3/t23-/m1/s1. The minimum absolute atomic E-state index is 0.282. The summed E-state index contributed by atoms with van der Waals surface area (Å²) in [4.78, 5) is 0.282. The molecule has 3 aromatic carbocycles. The van der Waals surface area contributed by atoms with E-state index in [-0.39, 0.29) is 4.90 Å². The smallest absolute Gasteiger partial charge is 0.243 e. The normalized spacial score (nSPS) is 15.9. The third-order valence-electron chi connectivity index (χ3n) is 6.46. The maximum Gasteiger partial charge on any atom is 0.243 e. The first-order valence-electron chi connectivity index (χ1n) is 11.4. The average Bonchev–Trinajstić information content (AvgIpc) is 2.87. The molecule has 1 aliphatic heterocycles. The lowest BCUT2D eigenvalue weighted by atomic mass is 9.89. The number of nitrogens with zero attached hydrogens (tertiary/aromatic N) is 1. The molecule has 0 unspecified atom stereocenters. The van der Waals surface area contributed by atoms with Crippen molar-refractivity contribution >= 4 is 10.0 Å². The molecule has 0 saturated heterocycles. The van der Waals surface area contributed by atoms with E-state index in [0.29, 0.717) is 42.4 Å². The maximum atomic E-state index is 13.8. The van der Waals surface area contributed by atoms with Crippen LogP contribution >= 0.6 is 0 Å². The molecular formula is C27H31NO6S. The van der Waals surface area contributed by atoms with Crippen LogP contribution in [0.15, 0.2) is 59.5 Å². The van der Waals surface area contributed by atoms with Crippen molar-refractivity contribution in [2.45, 2.75) is 30.7 Å². The van der Waals surface area contributed by atoms with Crippen molar-refractivity contribution in [3.05, 3.63) is 76.9 Å². The van der Waals surface area contributed by atoms with E-state index in [0.717, 1.165) is 22.3 Å². The van der Waals surface area contributed by atoms with Crippen LogP contribution in [0, 0.1) is 6.92 Å². The van der Waals surface area contributed by atoms with Crippen molar-refractivity contribution in [3.63, 3.8) is 0 Å². The summed E-state index contributed by atoms with van der Waals surface area (Å²) >= 11 is 0. The van der Waals surface area contributed by atoms with E-state index >= 15 is 0 Å². The van der Waals surface area contributed by atoms with Crippen molar-refractivity contribution in [1.29, 1.82) is 0 Å². The fourth-order valence-electron chi connectivity index (χ4n) is 4.58. The minimum Gasteiger partial charge on any atom is -0.493 e. The van der Waals surface area contributed by atoms with Crippen LogP contribution in [0.2, 0.25) is 0 Å². The summed E-state index contributed by atoms with van der Waals surface area (Å²) in [6.45, 7) is 2.30. The van der Waals surface area contributed by atoms with Gasteiger partial charge in [-0.1, -0.05) is 23.8 Å². The van der Waals surface area contributed by atoms with E-state index in [1.54, 1.807) is 44.9 Å². The fraction of sp³-hybridized carbons (Fsp3) is 0.333. The largest absolute Gasteiger partial charge is 0.493 e. The number of fused-ring (bicyclic) bond motifs is 1. The van der Waals surface area contributed by atoms with E-state index in [2.05, 4.69) is 0 Å². The Kier molecular flexibility index (Phi) is 7.23. The van der Waals surface area contributed by atoms with Crippen LogP contribution in [0.3, 0.4) is 0 Å². The molecule has 35 heavy (non-hydrogen) atoms. The third-order valence-corrected chi connectivity index (χ3v) is 8.38. The van der Waals surface area contributed by atoms with Gasteiger partial charge in [0.05, 0.1) is 39.4 Å². The minimum atomic E-state index is -3.75. The molecule has 0 spiro atoms. The summed E-state index contributed by atoms with van der Waals surface area (Å²) in [5, 5.41) is 0. The predicted octanol–water partition coefficient (Wildman–Crippen LogP) is 4.56. The van der Waals surface area contributed by atoms with Crippen molar-refractivity contribution < 1.29 is 27.4 Å². The van der Waals surface area contributed by atoms with Gasteiger partial charge >= 0.3 is 0 Å². The van der Waals surface area contributed by atoms with Gasteiger partial charge in [0, 0.05) is 6.54 Å². The average molecular weight is 498 g/mol. The lowest BCUT2D eigenvalue weighted by Crippen LogP contribution is -2.41. The molecule has 0 amide bonds. The number of methoxy groups -OCH3 is 4. The molecule has 0 bridgehead atoms. The highest BCUT2D eigenvalue weighted by Crippen LogP contribution is 2.42. The second-order valence-electron chi connectivity index (χ2n) is 8.49. The van der Waals surface area contributed by atoms with Crippen LogP contribution in [-0.4, -0.2) is 47.7 Å². The van der Waals surface area contributed by atoms with Gasteiger partial charge in [0.25, 0.3) is 0 Å². The highest BCUT2D eigenvalue weighted by molar-refractivity contribution is 7.89. The number of rotatable bonds is 8. The van der Waals surface area contributed by atoms with Crippen LogP contribution in [0.4, 0.5) is 0 Å². The summed E-state index contributed by atoms with van der Waals surface area (Å²) in [5.41, 5.74) is 3.88. The van der Waals surface area contributed by atoms with Gasteiger partial charge in [0.2, 0.25) is 10.0 Å². The first-order valence-corrected chi connectivity index (χ1v) is 12.8. The van der Waals surface area contributed by atoms with Crippen molar-refractivity contribution in [2.24, 2.45) is 0 Å². The van der Waals surface area contributed by atoms with Gasteiger partial charge < -0.3 is 18.9 Å². The van der Waals surface area contributed by atoms with Crippen molar-refractivity contribution in [1.82, 2.24) is 4.31 Å². The van der Waals surface area contributed by atoms with Crippen molar-refractivity contribution in [3.8, 4) is 23.0 Å². The van der Waals surface area contributed by atoms with E-state index in [4.69, 9.17) is 18.9 Å². The van der Waals surface area contributed by atoms with Crippen LogP contribution < -0.4 is 18.9 Å². The molecule has 7 nitrogen and oxygen atoms in total. The first-order chi connectivity index (χ1) is 16.8. The molecule has 1 aliphatic rings. The molecule has 1 atom stereocenters. The summed E-state index contributed by atoms with van der Waals surface area (Å²) < 4.78 is 51.2. The highest BCUT2D eigenvalue weighted by Gasteiger charge is 2.37. The number of hydrogen-bond donors (Lipinski definition) is 0. The molecule has 3 aromatic rings. The molecule has 0 N–H and O–H groups in total. The molecule has 0 aliphatic carbocycles. The van der Waals surface area contributed by atoms with Crippen molar-refractivity contribution in [2.75, 3.05) is 35.0 Å². The summed E-state index contributed by atoms with van der Waals surface area (Å²) in [7, 11) is 2.60. The Bertz CT molecular complexity index is 1300. The SMILES string of the molecule is COc1ccc(C[C@@H]2c3cc(OC)c(OC)cc3CCN2S(=O)(=O)c2ccc(C)cc2)cc1OC. The number of benzene rings is 3. The van der Waals surface area contributed by atoms with Gasteiger partial charge in [-0.15, -0.1) is 0 Å². The highest BCUT2D eigenvalue weighted by atomic mass is 32.2. The van der Waals surface area contributed by atoms with E-state index in [9.17, 15) is 8.42 Å². The molecule has 0 saturated carbocycles. The molecule has 1 heterocycles. The number of hydrogen-bond acceptors (Lipinski definition) is 6. The lowest BCUT2D eigenvalue weighted by Gasteiger charge is -2.37. The number of aryl methyl sites for hydroxylation is 1. The van der Waals surface area contributed by atoms with Crippen LogP contribution in [0.5, 0.6) is 23.0 Å². The van der Waals surface area contributed by atoms with Crippen LogP contribution in [0.25, 0.3) is 0 Å². The van der Waals surface area contributed by atoms with E-state index < -0.39 is 16.1 Å². The molecule has 0 aromatic heterocycles. The summed E-state index contributed by atoms with van der Waals surface area (Å²) in [5.74, 6) is 2.42. The second-order valence-corrected chi connectivity index (χ2v) is 10.4. The summed E-state index contributed by atoms with van der Waals surface area (Å²) in [6, 6.07) is 16.1. The molecule has 0 radical (unpaired) electrons. The Morgan fingerprint density at radius 2 is 1.40 bits per heavy atom.